The maximum atomic E-state index is 5.27. The number of rotatable bonds is 6. The van der Waals surface area contributed by atoms with E-state index in [1.807, 2.05) is 24.3 Å². The zero-order chi connectivity index (χ0) is 16.2. The van der Waals surface area contributed by atoms with E-state index in [4.69, 9.17) is 4.74 Å². The topological polar surface area (TPSA) is 18.0 Å². The van der Waals surface area contributed by atoms with Crippen LogP contribution in [0.1, 0.15) is 0 Å². The van der Waals surface area contributed by atoms with Crippen LogP contribution in [-0.4, -0.2) is 11.7 Å². The summed E-state index contributed by atoms with van der Waals surface area (Å²) >= 11 is 0. The number of hydrogen-bond acceptors (Lipinski definition) is 1. The Labute approximate surface area is 159 Å². The molecule has 0 spiro atoms. The molecule has 3 nitrogen and oxygen atoms in total. The number of imidazole rings is 1. The van der Waals surface area contributed by atoms with Crippen LogP contribution < -0.4 is 33.3 Å². The molecule has 0 N–H and O–H groups in total. The summed E-state index contributed by atoms with van der Waals surface area (Å²) in [4.78, 5) is 0. The van der Waals surface area contributed by atoms with E-state index in [1.54, 1.807) is 7.11 Å². The second kappa shape index (κ2) is 8.15. The quantitative estimate of drug-likeness (QED) is 0.323. The molecule has 0 unspecified atom stereocenters. The van der Waals surface area contributed by atoms with Crippen molar-refractivity contribution in [1.29, 1.82) is 0 Å². The fourth-order valence-corrected chi connectivity index (χ4v) is 2.97. The lowest BCUT2D eigenvalue weighted by Crippen LogP contribution is -3.00. The van der Waals surface area contributed by atoms with Gasteiger partial charge < -0.3 is 28.7 Å². The smallest absolute Gasteiger partial charge is 0.290 e. The first-order valence-electron chi connectivity index (χ1n) is 7.67. The largest absolute Gasteiger partial charge is 1.00 e. The zero-order valence-electron chi connectivity index (χ0n) is 13.8. The van der Waals surface area contributed by atoms with Crippen LogP contribution in [0.25, 0.3) is 22.4 Å². The number of ether oxygens (including phenoxy) is 1. The van der Waals surface area contributed by atoms with Gasteiger partial charge in [-0.25, -0.2) is 9.13 Å². The van der Waals surface area contributed by atoms with Gasteiger partial charge in [0.15, 0.2) is 11.0 Å². The van der Waals surface area contributed by atoms with Crippen LogP contribution in [-0.2, 0) is 13.1 Å². The SMILES string of the molecule is C=CCn1c(-c2ccc(OC)cc2)[n+](CC=C)c2ccccc21.[I-]. The number of aromatic nitrogens is 2. The highest BCUT2D eigenvalue weighted by atomic mass is 127. The van der Waals surface area contributed by atoms with Crippen LogP contribution in [0.3, 0.4) is 0 Å². The van der Waals surface area contributed by atoms with Crippen molar-refractivity contribution < 1.29 is 33.3 Å². The van der Waals surface area contributed by atoms with Crippen LogP contribution in [0.15, 0.2) is 73.8 Å². The van der Waals surface area contributed by atoms with Crippen molar-refractivity contribution in [3.8, 4) is 17.1 Å². The molecule has 0 atom stereocenters. The molecule has 0 aliphatic carbocycles. The third-order valence-corrected chi connectivity index (χ3v) is 3.95. The molecule has 0 saturated heterocycles. The maximum absolute atomic E-state index is 5.27. The van der Waals surface area contributed by atoms with Crippen molar-refractivity contribution in [2.75, 3.05) is 7.11 Å². The monoisotopic (exact) mass is 432 g/mol. The Hall–Kier alpha value is -2.08. The summed E-state index contributed by atoms with van der Waals surface area (Å²) in [5.74, 6) is 2.00. The van der Waals surface area contributed by atoms with Crippen molar-refractivity contribution in [3.63, 3.8) is 0 Å². The Morgan fingerprint density at radius 3 is 2.38 bits per heavy atom. The van der Waals surface area contributed by atoms with Crippen molar-refractivity contribution in [2.45, 2.75) is 13.1 Å². The Bertz CT molecular complexity index is 803. The third-order valence-electron chi connectivity index (χ3n) is 3.95. The second-order valence-electron chi connectivity index (χ2n) is 5.34. The summed E-state index contributed by atoms with van der Waals surface area (Å²) in [5, 5.41) is 0. The number of methoxy groups -OCH3 is 1. The molecule has 24 heavy (non-hydrogen) atoms. The van der Waals surface area contributed by atoms with Crippen molar-refractivity contribution in [3.05, 3.63) is 73.8 Å². The molecule has 4 heteroatoms. The van der Waals surface area contributed by atoms with Gasteiger partial charge in [0, 0.05) is 0 Å². The lowest BCUT2D eigenvalue weighted by atomic mass is 10.2. The number of benzene rings is 2. The molecule has 124 valence electrons. The normalized spacial score (nSPS) is 10.2. The van der Waals surface area contributed by atoms with Gasteiger partial charge in [-0.15, -0.1) is 0 Å². The lowest BCUT2D eigenvalue weighted by molar-refractivity contribution is -0.650. The highest BCUT2D eigenvalue weighted by molar-refractivity contribution is 5.76. The predicted octanol–water partition coefficient (Wildman–Crippen LogP) is 0.980. The Morgan fingerprint density at radius 2 is 1.75 bits per heavy atom. The molecule has 0 aliphatic heterocycles. The first-order valence-corrected chi connectivity index (χ1v) is 7.67. The Kier molecular flexibility index (Phi) is 6.20. The minimum Gasteiger partial charge on any atom is -1.00 e. The summed E-state index contributed by atoms with van der Waals surface area (Å²) in [6.07, 6.45) is 3.86. The molecule has 3 aromatic rings. The fraction of sp³-hybridized carbons (Fsp3) is 0.150. The van der Waals surface area contributed by atoms with E-state index >= 15 is 0 Å². The summed E-state index contributed by atoms with van der Waals surface area (Å²) in [6, 6.07) is 16.6. The van der Waals surface area contributed by atoms with Crippen LogP contribution in [0.2, 0.25) is 0 Å². The van der Waals surface area contributed by atoms with E-state index in [0.29, 0.717) is 0 Å². The van der Waals surface area contributed by atoms with Crippen molar-refractivity contribution >= 4 is 11.0 Å². The summed E-state index contributed by atoms with van der Waals surface area (Å²) < 4.78 is 9.84. The van der Waals surface area contributed by atoms with Gasteiger partial charge in [-0.3, -0.25) is 0 Å². The van der Waals surface area contributed by atoms with Crippen molar-refractivity contribution in [2.24, 2.45) is 0 Å². The first-order chi connectivity index (χ1) is 11.3. The standard InChI is InChI=1S/C20H21N2O.HI/c1-4-14-21-18-8-6-7-9-19(18)22(15-5-2)20(21)16-10-12-17(23-3)13-11-16;/h4-13H,1-2,14-15H2,3H3;1H/q+1;/p-1. The number of nitrogens with zero attached hydrogens (tertiary/aromatic N) is 2. The average molecular weight is 432 g/mol. The van der Waals surface area contributed by atoms with E-state index < -0.39 is 0 Å². The fourth-order valence-electron chi connectivity index (χ4n) is 2.97. The van der Waals surface area contributed by atoms with Gasteiger partial charge in [-0.1, -0.05) is 37.4 Å². The molecule has 0 fully saturated rings. The van der Waals surface area contributed by atoms with E-state index in [9.17, 15) is 0 Å². The molecule has 1 aromatic heterocycles. The van der Waals surface area contributed by atoms with Gasteiger partial charge >= 0.3 is 0 Å². The molecule has 0 saturated carbocycles. The summed E-state index contributed by atoms with van der Waals surface area (Å²) in [7, 11) is 1.68. The highest BCUT2D eigenvalue weighted by Gasteiger charge is 2.24. The summed E-state index contributed by atoms with van der Waals surface area (Å²) in [6.45, 7) is 9.33. The zero-order valence-corrected chi connectivity index (χ0v) is 15.9. The van der Waals surface area contributed by atoms with E-state index in [1.165, 1.54) is 11.0 Å². The average Bonchev–Trinajstić information content (AvgIpc) is 2.90. The van der Waals surface area contributed by atoms with E-state index in [0.717, 1.165) is 30.2 Å². The number of halogens is 1. The van der Waals surface area contributed by atoms with Gasteiger partial charge in [0.05, 0.1) is 12.7 Å². The lowest BCUT2D eigenvalue weighted by Gasteiger charge is -2.04. The molecule has 0 bridgehead atoms. The van der Waals surface area contributed by atoms with Crippen LogP contribution in [0, 0.1) is 0 Å². The molecule has 1 heterocycles. The van der Waals surface area contributed by atoms with E-state index in [2.05, 4.69) is 58.7 Å². The van der Waals surface area contributed by atoms with Crippen LogP contribution in [0.5, 0.6) is 5.75 Å². The number of allylic oxidation sites excluding steroid dienone is 2. The molecular formula is C20H21IN2O. The molecule has 0 radical (unpaired) electrons. The first kappa shape index (κ1) is 18.3. The predicted molar refractivity (Wildman–Crippen MR) is 94.5 cm³/mol. The number of fused-ring (bicyclic) bond motifs is 1. The molecular weight excluding hydrogens is 411 g/mol. The van der Waals surface area contributed by atoms with E-state index in [-0.39, 0.29) is 24.0 Å². The second-order valence-corrected chi connectivity index (χ2v) is 5.34. The molecule has 3 rings (SSSR count). The van der Waals surface area contributed by atoms with Gasteiger partial charge in [0.25, 0.3) is 5.82 Å². The maximum Gasteiger partial charge on any atom is 0.290 e. The van der Waals surface area contributed by atoms with Crippen LogP contribution in [0.4, 0.5) is 0 Å². The Morgan fingerprint density at radius 1 is 1.04 bits per heavy atom. The van der Waals surface area contributed by atoms with Gasteiger partial charge in [-0.05, 0) is 36.4 Å². The molecule has 2 aromatic carbocycles. The van der Waals surface area contributed by atoms with Crippen molar-refractivity contribution in [1.82, 2.24) is 4.57 Å². The number of hydrogen-bond donors (Lipinski definition) is 0. The highest BCUT2D eigenvalue weighted by Crippen LogP contribution is 2.25. The molecule has 0 amide bonds. The number of para-hydroxylation sites is 2. The summed E-state index contributed by atoms with van der Waals surface area (Å²) in [5.41, 5.74) is 3.53. The van der Waals surface area contributed by atoms with Crippen LogP contribution >= 0.6 is 0 Å². The third kappa shape index (κ3) is 3.24. The Balaban J connectivity index is 0.00000208. The van der Waals surface area contributed by atoms with Gasteiger partial charge in [0.1, 0.15) is 18.8 Å². The van der Waals surface area contributed by atoms with Gasteiger partial charge in [-0.2, -0.15) is 0 Å². The minimum atomic E-state index is 0. The minimum absolute atomic E-state index is 0. The molecule has 0 aliphatic rings. The van der Waals surface area contributed by atoms with Gasteiger partial charge in [0.2, 0.25) is 0 Å².